The third-order valence-corrected chi connectivity index (χ3v) is 16.1. The van der Waals surface area contributed by atoms with Gasteiger partial charge in [0, 0.05) is 151 Å². The number of carbonyl (C=O) groups excluding carboxylic acids is 6. The third-order valence-electron chi connectivity index (χ3n) is 16.1. The number of non-ortho nitro benzene ring substituents is 3. The molecule has 28 heteroatoms. The van der Waals surface area contributed by atoms with E-state index in [1.807, 2.05) is 60.7 Å². The lowest BCUT2D eigenvalue weighted by Crippen LogP contribution is -2.63. The van der Waals surface area contributed by atoms with Gasteiger partial charge in [-0.05, 0) is 69.8 Å². The highest BCUT2D eigenvalue weighted by molar-refractivity contribution is 5.98. The Labute approximate surface area is 531 Å². The molecular formula is C64H74N16O12. The smallest absolute Gasteiger partial charge is 0.269 e. The molecule has 3 aliphatic heterocycles. The number of nitrogen functional groups attached to an aromatic ring is 1. The molecule has 9 rings (SSSR count). The van der Waals surface area contributed by atoms with Crippen LogP contribution in [0.25, 0.3) is 0 Å². The number of nitro groups is 3. The predicted octanol–water partition coefficient (Wildman–Crippen LogP) is 6.85. The van der Waals surface area contributed by atoms with E-state index >= 15 is 0 Å². The summed E-state index contributed by atoms with van der Waals surface area (Å²) in [6.45, 7) is 0. The van der Waals surface area contributed by atoms with Crippen LogP contribution in [0.5, 0.6) is 0 Å². The molecule has 3 aliphatic rings. The van der Waals surface area contributed by atoms with E-state index in [0.717, 1.165) is 33.6 Å². The molecule has 2 N–H and O–H groups in total. The number of hydrogen-bond acceptors (Lipinski definition) is 17. The van der Waals surface area contributed by atoms with Crippen LogP contribution in [0.4, 0.5) is 34.1 Å². The molecule has 0 bridgehead atoms. The molecule has 482 valence electrons. The molecule has 6 aromatic rings. The van der Waals surface area contributed by atoms with Gasteiger partial charge in [0.25, 0.3) is 17.1 Å². The monoisotopic (exact) mass is 1260 g/mol. The van der Waals surface area contributed by atoms with Gasteiger partial charge in [0.05, 0.1) is 26.1 Å². The number of likely N-dealkylation sites (N-methyl/N-ethyl adjacent to an activating group) is 6. The summed E-state index contributed by atoms with van der Waals surface area (Å²) in [6.07, 6.45) is 2.08. The normalized spacial score (nSPS) is 19.2. The van der Waals surface area contributed by atoms with Crippen LogP contribution in [0.1, 0.15) is 33.4 Å². The number of nitro benzene ring substituents is 3. The molecule has 0 spiro atoms. The number of nitrogens with zero attached hydrogens (tertiary/aromatic N) is 15. The van der Waals surface area contributed by atoms with Crippen molar-refractivity contribution in [1.29, 1.82) is 0 Å². The predicted molar refractivity (Wildman–Crippen MR) is 341 cm³/mol. The molecule has 6 aromatic carbocycles. The van der Waals surface area contributed by atoms with Crippen molar-refractivity contribution in [2.24, 2.45) is 20.7 Å². The van der Waals surface area contributed by atoms with E-state index in [2.05, 4.69) is 20.7 Å². The van der Waals surface area contributed by atoms with Crippen LogP contribution in [0.2, 0.25) is 0 Å². The van der Waals surface area contributed by atoms with Crippen molar-refractivity contribution < 1.29 is 43.5 Å². The average Bonchev–Trinajstić information content (AvgIpc) is 0.830. The van der Waals surface area contributed by atoms with Crippen LogP contribution in [0.3, 0.4) is 0 Å². The minimum absolute atomic E-state index is 0.0103. The van der Waals surface area contributed by atoms with Gasteiger partial charge in [-0.2, -0.15) is 0 Å². The molecule has 3 saturated heterocycles. The Hall–Kier alpha value is -11.1. The summed E-state index contributed by atoms with van der Waals surface area (Å²) in [7, 11) is 17.0. The Morgan fingerprint density at radius 2 is 0.511 bits per heavy atom. The van der Waals surface area contributed by atoms with Crippen molar-refractivity contribution in [3.05, 3.63) is 209 Å². The number of carbonyl (C=O) groups is 6. The highest BCUT2D eigenvalue weighted by Crippen LogP contribution is 2.28. The van der Waals surface area contributed by atoms with Crippen molar-refractivity contribution in [1.82, 2.24) is 39.4 Å². The van der Waals surface area contributed by atoms with E-state index in [1.165, 1.54) is 56.0 Å². The van der Waals surface area contributed by atoms with Crippen molar-refractivity contribution in [2.45, 2.75) is 74.8 Å². The van der Waals surface area contributed by atoms with Gasteiger partial charge in [0.2, 0.25) is 35.4 Å². The first-order valence-corrected chi connectivity index (χ1v) is 29.1. The number of amides is 6. The molecule has 0 saturated carbocycles. The van der Waals surface area contributed by atoms with Gasteiger partial charge in [-0.25, -0.2) is 0 Å². The van der Waals surface area contributed by atoms with Crippen LogP contribution in [-0.4, -0.2) is 196 Å². The second-order valence-corrected chi connectivity index (χ2v) is 22.9. The van der Waals surface area contributed by atoms with Crippen LogP contribution in [0.15, 0.2) is 166 Å². The zero-order valence-electron chi connectivity index (χ0n) is 52.7. The first-order chi connectivity index (χ1) is 43.6. The van der Waals surface area contributed by atoms with Gasteiger partial charge in [-0.1, -0.05) is 83.2 Å². The highest BCUT2D eigenvalue weighted by Gasteiger charge is 2.45. The summed E-state index contributed by atoms with van der Waals surface area (Å²) < 4.78 is 0. The molecule has 6 amide bonds. The SMILES string of the molecule is CN(C)N=Nc1ccc(C[C@H]2C(=O)N(C)[C@@H](Cc3ccc(N=NN(C)C)cc3)C(=O)N2C)cc1.CN1C(=O)[C@H](Cc2ccc([N+](=O)[O-])cc2)N(C)C(=O)[C@@H]1Cc1ccc(N)cc1.CN1C(=O)[C@H](Cc2ccc([N+](=O)[O-])cc2)N(C)C(=O)[C@@H]1Cc1ccc([N+](=O)[O-])cc1. The maximum absolute atomic E-state index is 13.2. The molecule has 0 radical (unpaired) electrons. The second-order valence-electron chi connectivity index (χ2n) is 22.9. The molecular weight excluding hydrogens is 1180 g/mol. The van der Waals surface area contributed by atoms with Crippen LogP contribution in [0, 0.1) is 30.3 Å². The van der Waals surface area contributed by atoms with E-state index in [9.17, 15) is 59.1 Å². The number of rotatable bonds is 19. The van der Waals surface area contributed by atoms with Crippen molar-refractivity contribution in [3.63, 3.8) is 0 Å². The zero-order chi connectivity index (χ0) is 67.2. The van der Waals surface area contributed by atoms with E-state index in [-0.39, 0.29) is 65.3 Å². The van der Waals surface area contributed by atoms with Crippen molar-refractivity contribution >= 4 is 69.6 Å². The molecule has 6 atom stereocenters. The fraction of sp³-hybridized carbons (Fsp3) is 0.344. The number of benzene rings is 6. The number of anilines is 1. The van der Waals surface area contributed by atoms with Crippen LogP contribution in [-0.2, 0) is 67.3 Å². The van der Waals surface area contributed by atoms with Crippen LogP contribution >= 0.6 is 0 Å². The molecule has 28 nitrogen and oxygen atoms in total. The molecule has 3 heterocycles. The zero-order valence-corrected chi connectivity index (χ0v) is 52.7. The van der Waals surface area contributed by atoms with Gasteiger partial charge in [0.1, 0.15) is 36.3 Å². The van der Waals surface area contributed by atoms with E-state index < -0.39 is 51.0 Å². The van der Waals surface area contributed by atoms with Gasteiger partial charge in [0.15, 0.2) is 0 Å². The van der Waals surface area contributed by atoms with E-state index in [4.69, 9.17) is 5.73 Å². The number of nitrogens with two attached hydrogens (primary N) is 1. The summed E-state index contributed by atoms with van der Waals surface area (Å²) in [5.74, 6) is -0.892. The maximum Gasteiger partial charge on any atom is 0.269 e. The molecule has 0 unspecified atom stereocenters. The number of piperazine rings is 3. The molecule has 92 heavy (non-hydrogen) atoms. The minimum atomic E-state index is -0.711. The quantitative estimate of drug-likeness (QED) is 0.0375. The van der Waals surface area contributed by atoms with Gasteiger partial charge < -0.3 is 35.1 Å². The topological polar surface area (TPSA) is 333 Å². The summed E-state index contributed by atoms with van der Waals surface area (Å²) in [4.78, 5) is 118. The first kappa shape index (κ1) is 68.4. The lowest BCUT2D eigenvalue weighted by molar-refractivity contribution is -0.385. The third kappa shape index (κ3) is 17.2. The fourth-order valence-corrected chi connectivity index (χ4v) is 10.6. The van der Waals surface area contributed by atoms with E-state index in [0.29, 0.717) is 42.5 Å². The van der Waals surface area contributed by atoms with Crippen molar-refractivity contribution in [2.75, 3.05) is 76.2 Å². The van der Waals surface area contributed by atoms with E-state index in [1.54, 1.807) is 139 Å². The largest absolute Gasteiger partial charge is 0.399 e. The van der Waals surface area contributed by atoms with Gasteiger partial charge in [-0.15, -0.1) is 10.2 Å². The lowest BCUT2D eigenvalue weighted by atomic mass is 9.95. The highest BCUT2D eigenvalue weighted by atomic mass is 16.6. The summed E-state index contributed by atoms with van der Waals surface area (Å²) in [5.41, 5.74) is 12.7. The van der Waals surface area contributed by atoms with Crippen molar-refractivity contribution in [3.8, 4) is 0 Å². The Kier molecular flexibility index (Phi) is 22.6. The maximum atomic E-state index is 13.2. The summed E-state index contributed by atoms with van der Waals surface area (Å²) in [6, 6.07) is 36.4. The average molecular weight is 1260 g/mol. The standard InChI is InChI=1S/C24H32N8O2.C20H20N4O6.C20H22N4O4/c1-29(2)27-25-19-11-7-17(8-12-19)15-21-23(33)32(6)22(24(34)31(21)5)16-18-9-13-20(14-10-18)26-28-30(3)4;1-21-17(11-13-3-7-15(8-4-13)23(27)28)20(26)22(2)18(19(21)25)12-14-5-9-16(10-6-14)24(29)30;1-22-17(11-13-3-7-15(21)8-4-13)19(25)23(2)18(20(22)26)12-14-5-9-16(10-6-14)24(27)28/h7-14,21-22H,15-16H2,1-6H3;3-10,17-18H,11-12H2,1-2H3;3-10,17-18H,11-12,21H2,1-2H3/t21-,22-;2*17-,18-/m000/s1. The molecule has 3 fully saturated rings. The lowest BCUT2D eigenvalue weighted by Gasteiger charge is -2.42. The fourth-order valence-electron chi connectivity index (χ4n) is 10.6. The number of hydrogen-bond donors (Lipinski definition) is 1. The Balaban J connectivity index is 0.000000197. The first-order valence-electron chi connectivity index (χ1n) is 29.1. The van der Waals surface area contributed by atoms with Crippen LogP contribution < -0.4 is 5.73 Å². The summed E-state index contributed by atoms with van der Waals surface area (Å²) in [5, 5.41) is 51.8. The molecule has 0 aliphatic carbocycles. The Morgan fingerprint density at radius 1 is 0.337 bits per heavy atom. The molecule has 0 aromatic heterocycles. The summed E-state index contributed by atoms with van der Waals surface area (Å²) >= 11 is 0. The van der Waals surface area contributed by atoms with Gasteiger partial charge in [-0.3, -0.25) is 69.1 Å². The second kappa shape index (κ2) is 30.4. The Bertz CT molecular complexity index is 3540. The minimum Gasteiger partial charge on any atom is -0.399 e. The Morgan fingerprint density at radius 3 is 0.685 bits per heavy atom. The van der Waals surface area contributed by atoms with Gasteiger partial charge >= 0.3 is 0 Å².